The molecule has 0 aliphatic rings. The monoisotopic (exact) mass is 1020 g/mol. The van der Waals surface area contributed by atoms with E-state index in [4.69, 9.17) is 0 Å². The van der Waals surface area contributed by atoms with Gasteiger partial charge in [-0.15, -0.1) is 0 Å². The molecular formula is C70H115NO3. The average Bonchev–Trinajstić information content (AvgIpc) is 3.40. The highest BCUT2D eigenvalue weighted by Crippen LogP contribution is 2.15. The number of unbranched alkanes of at least 4 members (excludes halogenated alkanes) is 23. The van der Waals surface area contributed by atoms with Crippen LogP contribution in [-0.4, -0.2) is 34.9 Å². The van der Waals surface area contributed by atoms with Crippen molar-refractivity contribution in [1.29, 1.82) is 0 Å². The zero-order chi connectivity index (χ0) is 53.4. The largest absolute Gasteiger partial charge is 0.394 e. The second-order valence-corrected chi connectivity index (χ2v) is 20.0. The molecule has 0 saturated carbocycles. The molecule has 4 nitrogen and oxygen atoms in total. The maximum absolute atomic E-state index is 12.5. The van der Waals surface area contributed by atoms with E-state index in [2.05, 4.69) is 165 Å². The van der Waals surface area contributed by atoms with Crippen molar-refractivity contribution in [2.75, 3.05) is 6.61 Å². The molecule has 0 bridgehead atoms. The molecule has 2 unspecified atom stereocenters. The number of hydrogen-bond donors (Lipinski definition) is 3. The van der Waals surface area contributed by atoms with E-state index in [1.165, 1.54) is 122 Å². The van der Waals surface area contributed by atoms with E-state index in [9.17, 15) is 15.0 Å². The van der Waals surface area contributed by atoms with Gasteiger partial charge in [0.2, 0.25) is 5.91 Å². The number of aliphatic hydroxyl groups excluding tert-OH is 2. The van der Waals surface area contributed by atoms with Crippen LogP contribution < -0.4 is 5.32 Å². The number of rotatable bonds is 54. The first-order valence-corrected chi connectivity index (χ1v) is 30.7. The average molecular weight is 1020 g/mol. The van der Waals surface area contributed by atoms with Gasteiger partial charge in [-0.3, -0.25) is 4.79 Å². The van der Waals surface area contributed by atoms with Crippen LogP contribution in [0.2, 0.25) is 0 Å². The Hall–Kier alpha value is -3.99. The van der Waals surface area contributed by atoms with Gasteiger partial charge in [0.15, 0.2) is 0 Å². The molecule has 0 fully saturated rings. The van der Waals surface area contributed by atoms with Crippen molar-refractivity contribution >= 4 is 5.91 Å². The van der Waals surface area contributed by atoms with Crippen LogP contribution in [0.3, 0.4) is 0 Å². The molecule has 0 aliphatic heterocycles. The molecule has 418 valence electrons. The van der Waals surface area contributed by atoms with Gasteiger partial charge in [-0.1, -0.05) is 294 Å². The van der Waals surface area contributed by atoms with E-state index in [1.54, 1.807) is 6.08 Å². The van der Waals surface area contributed by atoms with Gasteiger partial charge in [0.1, 0.15) is 0 Å². The van der Waals surface area contributed by atoms with Crippen LogP contribution in [0.5, 0.6) is 0 Å². The fourth-order valence-corrected chi connectivity index (χ4v) is 8.38. The lowest BCUT2D eigenvalue weighted by Gasteiger charge is -2.19. The molecule has 0 spiro atoms. The van der Waals surface area contributed by atoms with Crippen molar-refractivity contribution in [3.8, 4) is 0 Å². The van der Waals surface area contributed by atoms with Gasteiger partial charge >= 0.3 is 0 Å². The fraction of sp³-hybridized carbons (Fsp3) is 0.614. The van der Waals surface area contributed by atoms with Gasteiger partial charge < -0.3 is 15.5 Å². The van der Waals surface area contributed by atoms with Gasteiger partial charge in [-0.2, -0.15) is 0 Å². The summed E-state index contributed by atoms with van der Waals surface area (Å²) in [4.78, 5) is 12.5. The third-order valence-electron chi connectivity index (χ3n) is 13.0. The first-order valence-electron chi connectivity index (χ1n) is 30.7. The summed E-state index contributed by atoms with van der Waals surface area (Å²) in [5.74, 6) is -0.0902. The Labute approximate surface area is 458 Å². The van der Waals surface area contributed by atoms with Gasteiger partial charge in [0.05, 0.1) is 18.8 Å². The normalized spacial score (nSPS) is 13.9. The number of allylic oxidation sites excluding steroid dienone is 25. The third-order valence-corrected chi connectivity index (χ3v) is 13.0. The highest BCUT2D eigenvalue weighted by Gasteiger charge is 2.18. The van der Waals surface area contributed by atoms with Gasteiger partial charge in [-0.05, 0) is 116 Å². The number of carbonyl (C=O) groups is 1. The summed E-state index contributed by atoms with van der Waals surface area (Å²) in [6, 6.07) is -0.657. The minimum absolute atomic E-state index is 0.0902. The van der Waals surface area contributed by atoms with Crippen molar-refractivity contribution in [1.82, 2.24) is 5.32 Å². The molecule has 1 amide bonds. The lowest BCUT2D eigenvalue weighted by atomic mass is 10.0. The van der Waals surface area contributed by atoms with Gasteiger partial charge in [0, 0.05) is 6.42 Å². The lowest BCUT2D eigenvalue weighted by molar-refractivity contribution is -0.123. The lowest BCUT2D eigenvalue weighted by Crippen LogP contribution is -2.45. The highest BCUT2D eigenvalue weighted by molar-refractivity contribution is 5.76. The van der Waals surface area contributed by atoms with Crippen LogP contribution >= 0.6 is 0 Å². The number of nitrogens with one attached hydrogen (secondary N) is 1. The van der Waals surface area contributed by atoms with Crippen LogP contribution in [0, 0.1) is 0 Å². The van der Waals surface area contributed by atoms with E-state index in [0.29, 0.717) is 6.42 Å². The molecule has 74 heavy (non-hydrogen) atoms. The van der Waals surface area contributed by atoms with E-state index >= 15 is 0 Å². The molecule has 0 aromatic rings. The molecule has 2 atom stereocenters. The Bertz CT molecular complexity index is 1580. The highest BCUT2D eigenvalue weighted by atomic mass is 16.3. The number of aliphatic hydroxyl groups is 2. The summed E-state index contributed by atoms with van der Waals surface area (Å²) in [6.07, 6.45) is 101. The fourth-order valence-electron chi connectivity index (χ4n) is 8.38. The van der Waals surface area contributed by atoms with Crippen molar-refractivity contribution in [3.63, 3.8) is 0 Å². The molecule has 0 heterocycles. The standard InChI is InChI=1S/C70H115NO3/c1-3-5-7-9-11-13-15-17-19-21-23-25-26-27-28-29-30-31-32-33-34-35-36-37-38-39-40-41-42-43-44-46-48-50-52-54-56-58-60-62-64-66-70(74)71-68(67-72)69(73)65-63-61-59-57-55-53-51-49-47-45-24-22-20-18-16-14-12-10-8-6-4-2/h5,7,11,13,17,19,23,25,27-28,30-31,33-34,36-37,39-40,42-43,46,48,55,57,63,65,68-69,72-73H,3-4,6,8-10,12,14-16,18,20-22,24,26,29,32,35,38,41,44-45,47,49-54,56,58-62,64,66-67H2,1-2H3,(H,71,74)/b7-5-,13-11-,19-17-,25-23-,28-27-,31-30-,34-33-,37-36-,40-39-,43-42-,48-46-,57-55+,65-63+. The molecule has 4 heteroatoms. The Morgan fingerprint density at radius 3 is 0.946 bits per heavy atom. The first-order chi connectivity index (χ1) is 36.7. The Morgan fingerprint density at radius 2 is 0.608 bits per heavy atom. The van der Waals surface area contributed by atoms with Crippen LogP contribution in [0.25, 0.3) is 0 Å². The number of carbonyl (C=O) groups excluding carboxylic acids is 1. The van der Waals surface area contributed by atoms with Gasteiger partial charge in [0.25, 0.3) is 0 Å². The summed E-state index contributed by atoms with van der Waals surface area (Å²) in [6.45, 7) is 4.18. The third kappa shape index (κ3) is 58.9. The van der Waals surface area contributed by atoms with Crippen molar-refractivity contribution in [3.05, 3.63) is 158 Å². The molecule has 0 aromatic carbocycles. The predicted molar refractivity (Wildman–Crippen MR) is 331 cm³/mol. The molecule has 0 aliphatic carbocycles. The summed E-state index contributed by atoms with van der Waals surface area (Å²) >= 11 is 0. The quantitative estimate of drug-likeness (QED) is 0.0420. The molecule has 0 rings (SSSR count). The van der Waals surface area contributed by atoms with Crippen molar-refractivity contribution in [2.45, 2.75) is 270 Å². The van der Waals surface area contributed by atoms with Crippen LogP contribution in [0.4, 0.5) is 0 Å². The Balaban J connectivity index is 3.67. The topological polar surface area (TPSA) is 69.6 Å². The minimum Gasteiger partial charge on any atom is -0.394 e. The molecular weight excluding hydrogens is 903 g/mol. The maximum atomic E-state index is 12.5. The molecule has 3 N–H and O–H groups in total. The van der Waals surface area contributed by atoms with E-state index in [0.717, 1.165) is 116 Å². The Kier molecular flexibility index (Phi) is 59.9. The minimum atomic E-state index is -0.879. The van der Waals surface area contributed by atoms with Crippen LogP contribution in [-0.2, 0) is 4.79 Å². The van der Waals surface area contributed by atoms with E-state index in [-0.39, 0.29) is 12.5 Å². The SMILES string of the molecule is CC/C=C\C/C=C\C/C=C\C/C=C\C/C=C\C/C=C\C/C=C\C/C=C\C/C=C\C/C=C\C/C=C\CCCCCCCCCC(=O)NC(CO)C(O)/C=C/CC/C=C/CCCCCCCCCCCCCCCCC. The molecule has 0 radical (unpaired) electrons. The summed E-state index contributed by atoms with van der Waals surface area (Å²) < 4.78 is 0. The second kappa shape index (κ2) is 63.3. The second-order valence-electron chi connectivity index (χ2n) is 20.0. The van der Waals surface area contributed by atoms with E-state index in [1.807, 2.05) is 6.08 Å². The van der Waals surface area contributed by atoms with E-state index < -0.39 is 12.1 Å². The first kappa shape index (κ1) is 70.0. The molecule has 0 aromatic heterocycles. The number of hydrogen-bond acceptors (Lipinski definition) is 3. The zero-order valence-corrected chi connectivity index (χ0v) is 48.0. The Morgan fingerprint density at radius 1 is 0.338 bits per heavy atom. The number of amides is 1. The maximum Gasteiger partial charge on any atom is 0.220 e. The summed E-state index contributed by atoms with van der Waals surface area (Å²) in [5.41, 5.74) is 0. The zero-order valence-electron chi connectivity index (χ0n) is 48.0. The van der Waals surface area contributed by atoms with Crippen LogP contribution in [0.1, 0.15) is 258 Å². The van der Waals surface area contributed by atoms with Crippen LogP contribution in [0.15, 0.2) is 158 Å². The van der Waals surface area contributed by atoms with Crippen molar-refractivity contribution < 1.29 is 15.0 Å². The molecule has 0 saturated heterocycles. The summed E-state index contributed by atoms with van der Waals surface area (Å²) in [5, 5.41) is 23.2. The summed E-state index contributed by atoms with van der Waals surface area (Å²) in [7, 11) is 0. The smallest absolute Gasteiger partial charge is 0.220 e. The van der Waals surface area contributed by atoms with Crippen molar-refractivity contribution in [2.24, 2.45) is 0 Å². The predicted octanol–water partition coefficient (Wildman–Crippen LogP) is 20.9. The van der Waals surface area contributed by atoms with Gasteiger partial charge in [-0.25, -0.2) is 0 Å².